The summed E-state index contributed by atoms with van der Waals surface area (Å²) in [7, 11) is 0. The first-order valence-electron chi connectivity index (χ1n) is 5.13. The average molecular weight is 209 g/mol. The summed E-state index contributed by atoms with van der Waals surface area (Å²) in [4.78, 5) is 11.6. The van der Waals surface area contributed by atoms with Gasteiger partial charge in [0.15, 0.2) is 0 Å². The van der Waals surface area contributed by atoms with Gasteiger partial charge in [-0.25, -0.2) is 0 Å². The van der Waals surface area contributed by atoms with Crippen molar-refractivity contribution in [1.29, 1.82) is 0 Å². The van der Waals surface area contributed by atoms with Crippen molar-refractivity contribution in [2.24, 2.45) is 5.92 Å². The molecule has 1 saturated carbocycles. The fraction of sp³-hybridized carbons (Fsp3) is 0.600. The molecule has 5 nitrogen and oxygen atoms in total. The third-order valence-corrected chi connectivity index (χ3v) is 2.84. The van der Waals surface area contributed by atoms with Gasteiger partial charge in [-0.15, -0.1) is 0 Å². The van der Waals surface area contributed by atoms with Crippen molar-refractivity contribution >= 4 is 5.91 Å². The quantitative estimate of drug-likeness (QED) is 0.666. The summed E-state index contributed by atoms with van der Waals surface area (Å²) in [6.45, 7) is 2.45. The van der Waals surface area contributed by atoms with Crippen molar-refractivity contribution in [3.05, 3.63) is 17.5 Å². The lowest BCUT2D eigenvalue weighted by atomic mass is 9.82. The van der Waals surface area contributed by atoms with E-state index in [-0.39, 0.29) is 12.0 Å². The average Bonchev–Trinajstić information content (AvgIpc) is 2.57. The van der Waals surface area contributed by atoms with Gasteiger partial charge in [-0.2, -0.15) is 5.10 Å². The van der Waals surface area contributed by atoms with Crippen LogP contribution in [0.2, 0.25) is 0 Å². The number of aliphatic hydroxyl groups excluding tert-OH is 1. The molecule has 0 unspecified atom stereocenters. The predicted octanol–water partition coefficient (Wildman–Crippen LogP) is 0.219. The minimum atomic E-state index is -0.164. The van der Waals surface area contributed by atoms with Gasteiger partial charge in [0.2, 0.25) is 0 Å². The number of hydrogen-bond donors (Lipinski definition) is 3. The van der Waals surface area contributed by atoms with E-state index in [1.165, 1.54) is 6.20 Å². The number of rotatable bonds is 3. The number of aryl methyl sites for hydroxylation is 1. The normalized spacial score (nSPS) is 24.7. The molecule has 1 aliphatic carbocycles. The fourth-order valence-corrected chi connectivity index (χ4v) is 1.78. The van der Waals surface area contributed by atoms with Crippen LogP contribution < -0.4 is 5.32 Å². The highest BCUT2D eigenvalue weighted by atomic mass is 16.3. The van der Waals surface area contributed by atoms with E-state index in [0.29, 0.717) is 18.0 Å². The first-order valence-corrected chi connectivity index (χ1v) is 5.13. The Kier molecular flexibility index (Phi) is 2.73. The molecule has 0 radical (unpaired) electrons. The molecule has 5 heteroatoms. The molecule has 15 heavy (non-hydrogen) atoms. The standard InChI is InChI=1S/C10H15N3O2/c1-6-9(5-12-13-6)10(15)11-4-7-2-8(14)3-7/h5,7-8,14H,2-4H2,1H3,(H,11,15)(H,12,13). The first kappa shape index (κ1) is 10.2. The Morgan fingerprint density at radius 3 is 3.00 bits per heavy atom. The Morgan fingerprint density at radius 1 is 1.73 bits per heavy atom. The number of aromatic amines is 1. The molecule has 0 atom stereocenters. The van der Waals surface area contributed by atoms with Gasteiger partial charge in [-0.05, 0) is 25.7 Å². The molecule has 1 fully saturated rings. The molecule has 1 heterocycles. The number of hydrogen-bond acceptors (Lipinski definition) is 3. The van der Waals surface area contributed by atoms with Crippen LogP contribution in [-0.4, -0.2) is 33.9 Å². The summed E-state index contributed by atoms with van der Waals surface area (Å²) in [5, 5.41) is 18.4. The predicted molar refractivity (Wildman–Crippen MR) is 54.4 cm³/mol. The summed E-state index contributed by atoms with van der Waals surface area (Å²) >= 11 is 0. The van der Waals surface area contributed by atoms with Gasteiger partial charge in [0.25, 0.3) is 5.91 Å². The Labute approximate surface area is 87.9 Å². The zero-order chi connectivity index (χ0) is 10.8. The van der Waals surface area contributed by atoms with Crippen LogP contribution in [0.4, 0.5) is 0 Å². The highest BCUT2D eigenvalue weighted by Gasteiger charge is 2.27. The van der Waals surface area contributed by atoms with Crippen molar-refractivity contribution < 1.29 is 9.90 Å². The molecule has 0 spiro atoms. The van der Waals surface area contributed by atoms with Crippen molar-refractivity contribution in [2.75, 3.05) is 6.54 Å². The van der Waals surface area contributed by atoms with Gasteiger partial charge in [0, 0.05) is 12.2 Å². The van der Waals surface area contributed by atoms with Crippen LogP contribution in [0.3, 0.4) is 0 Å². The van der Waals surface area contributed by atoms with Gasteiger partial charge < -0.3 is 10.4 Å². The number of carbonyl (C=O) groups excluding carboxylic acids is 1. The Hall–Kier alpha value is -1.36. The summed E-state index contributed by atoms with van der Waals surface area (Å²) in [5.74, 6) is 0.332. The van der Waals surface area contributed by atoms with E-state index in [4.69, 9.17) is 5.11 Å². The molecule has 3 N–H and O–H groups in total. The van der Waals surface area contributed by atoms with Gasteiger partial charge in [0.05, 0.1) is 17.9 Å². The van der Waals surface area contributed by atoms with E-state index >= 15 is 0 Å². The van der Waals surface area contributed by atoms with Gasteiger partial charge in [-0.1, -0.05) is 0 Å². The monoisotopic (exact) mass is 209 g/mol. The maximum atomic E-state index is 11.6. The molecule has 1 amide bonds. The number of aromatic nitrogens is 2. The number of nitrogens with zero attached hydrogens (tertiary/aromatic N) is 1. The number of H-pyrrole nitrogens is 1. The molecule has 0 aliphatic heterocycles. The van der Waals surface area contributed by atoms with Crippen LogP contribution in [0, 0.1) is 12.8 Å². The van der Waals surface area contributed by atoms with Crippen LogP contribution in [0.1, 0.15) is 28.9 Å². The molecule has 0 saturated heterocycles. The summed E-state index contributed by atoms with van der Waals surface area (Å²) in [6, 6.07) is 0. The van der Waals surface area contributed by atoms with Crippen LogP contribution in [0.5, 0.6) is 0 Å². The van der Waals surface area contributed by atoms with E-state index in [1.807, 2.05) is 6.92 Å². The SMILES string of the molecule is Cc1[nH]ncc1C(=O)NCC1CC(O)C1. The Bertz CT molecular complexity index is 355. The van der Waals surface area contributed by atoms with Crippen LogP contribution in [0.25, 0.3) is 0 Å². The number of amides is 1. The lowest BCUT2D eigenvalue weighted by molar-refractivity contribution is 0.0420. The first-order chi connectivity index (χ1) is 7.16. The third-order valence-electron chi connectivity index (χ3n) is 2.84. The zero-order valence-corrected chi connectivity index (χ0v) is 8.66. The molecule has 1 aliphatic rings. The maximum absolute atomic E-state index is 11.6. The van der Waals surface area contributed by atoms with Gasteiger partial charge in [-0.3, -0.25) is 9.89 Å². The molecular weight excluding hydrogens is 194 g/mol. The van der Waals surface area contributed by atoms with E-state index < -0.39 is 0 Å². The molecule has 2 rings (SSSR count). The maximum Gasteiger partial charge on any atom is 0.254 e. The highest BCUT2D eigenvalue weighted by molar-refractivity contribution is 5.94. The van der Waals surface area contributed by atoms with Crippen molar-refractivity contribution in [2.45, 2.75) is 25.9 Å². The molecule has 0 aromatic carbocycles. The van der Waals surface area contributed by atoms with Crippen LogP contribution >= 0.6 is 0 Å². The smallest absolute Gasteiger partial charge is 0.254 e. The van der Waals surface area contributed by atoms with E-state index in [0.717, 1.165) is 18.5 Å². The fourth-order valence-electron chi connectivity index (χ4n) is 1.78. The highest BCUT2D eigenvalue weighted by Crippen LogP contribution is 2.26. The second-order valence-electron chi connectivity index (χ2n) is 4.11. The Balaban J connectivity index is 1.80. The molecule has 1 aromatic heterocycles. The lowest BCUT2D eigenvalue weighted by Crippen LogP contribution is -2.38. The molecule has 1 aromatic rings. The number of nitrogens with one attached hydrogen (secondary N) is 2. The van der Waals surface area contributed by atoms with Crippen LogP contribution in [0.15, 0.2) is 6.20 Å². The van der Waals surface area contributed by atoms with Gasteiger partial charge >= 0.3 is 0 Å². The zero-order valence-electron chi connectivity index (χ0n) is 8.66. The number of carbonyl (C=O) groups is 1. The third kappa shape index (κ3) is 2.18. The topological polar surface area (TPSA) is 78.0 Å². The largest absolute Gasteiger partial charge is 0.393 e. The van der Waals surface area contributed by atoms with E-state index in [1.54, 1.807) is 0 Å². The second-order valence-corrected chi connectivity index (χ2v) is 4.11. The van der Waals surface area contributed by atoms with Gasteiger partial charge in [0.1, 0.15) is 0 Å². The van der Waals surface area contributed by atoms with Crippen molar-refractivity contribution in [3.8, 4) is 0 Å². The summed E-state index contributed by atoms with van der Waals surface area (Å²) < 4.78 is 0. The number of aliphatic hydroxyl groups is 1. The minimum absolute atomic E-state index is 0.0948. The van der Waals surface area contributed by atoms with E-state index in [2.05, 4.69) is 15.5 Å². The molecule has 82 valence electrons. The van der Waals surface area contributed by atoms with E-state index in [9.17, 15) is 4.79 Å². The second kappa shape index (κ2) is 4.02. The summed E-state index contributed by atoms with van der Waals surface area (Å²) in [6.07, 6.45) is 2.96. The van der Waals surface area contributed by atoms with Crippen molar-refractivity contribution in [1.82, 2.24) is 15.5 Å². The summed E-state index contributed by atoms with van der Waals surface area (Å²) in [5.41, 5.74) is 1.37. The minimum Gasteiger partial charge on any atom is -0.393 e. The Morgan fingerprint density at radius 2 is 2.47 bits per heavy atom. The lowest BCUT2D eigenvalue weighted by Gasteiger charge is -2.31. The molecule has 0 bridgehead atoms. The van der Waals surface area contributed by atoms with Crippen molar-refractivity contribution in [3.63, 3.8) is 0 Å². The van der Waals surface area contributed by atoms with Crippen LogP contribution in [-0.2, 0) is 0 Å². The molecular formula is C10H15N3O2.